The molecule has 0 aliphatic heterocycles. The number of hydrogen-bond donors (Lipinski definition) is 2. The third kappa shape index (κ3) is 5.24. The zero-order valence-electron chi connectivity index (χ0n) is 18.7. The van der Waals surface area contributed by atoms with Gasteiger partial charge in [-0.05, 0) is 36.6 Å². The maximum absolute atomic E-state index is 14.8. The lowest BCUT2D eigenvalue weighted by Gasteiger charge is -2.20. The minimum absolute atomic E-state index is 0.0254. The fourth-order valence-electron chi connectivity index (χ4n) is 3.84. The molecule has 8 nitrogen and oxygen atoms in total. The van der Waals surface area contributed by atoms with Crippen molar-refractivity contribution in [3.05, 3.63) is 81.1 Å². The van der Waals surface area contributed by atoms with E-state index < -0.39 is 53.1 Å². The number of nitrogens with one attached hydrogen (secondary N) is 2. The number of pyridine rings is 1. The van der Waals surface area contributed by atoms with Gasteiger partial charge in [-0.1, -0.05) is 0 Å². The molecule has 0 aliphatic rings. The van der Waals surface area contributed by atoms with Crippen LogP contribution in [0.25, 0.3) is 22.2 Å². The first kappa shape index (κ1) is 24.9. The molecule has 3 aromatic heterocycles. The molecule has 188 valence electrons. The van der Waals surface area contributed by atoms with E-state index in [4.69, 9.17) is 0 Å². The number of fused-ring (bicyclic) bond motifs is 1. The van der Waals surface area contributed by atoms with Crippen LogP contribution in [0.4, 0.5) is 27.6 Å². The molecule has 0 fully saturated rings. The first-order chi connectivity index (χ1) is 17.0. The lowest BCUT2D eigenvalue weighted by Crippen LogP contribution is -2.30. The van der Waals surface area contributed by atoms with Crippen LogP contribution in [-0.4, -0.2) is 36.9 Å². The van der Waals surface area contributed by atoms with Gasteiger partial charge < -0.3 is 9.88 Å². The normalized spacial score (nSPS) is 13.5. The van der Waals surface area contributed by atoms with E-state index in [-0.39, 0.29) is 23.2 Å². The molecule has 0 unspecified atom stereocenters. The maximum Gasteiger partial charge on any atom is 0.423 e. The van der Waals surface area contributed by atoms with Gasteiger partial charge in [0.25, 0.3) is 11.1 Å². The number of aromatic nitrogens is 5. The van der Waals surface area contributed by atoms with Crippen LogP contribution in [0.5, 0.6) is 0 Å². The molecule has 2 N–H and O–H groups in total. The Morgan fingerprint density at radius 2 is 1.89 bits per heavy atom. The number of hydrogen-bond acceptors (Lipinski definition) is 6. The third-order valence-electron chi connectivity index (χ3n) is 5.42. The van der Waals surface area contributed by atoms with Crippen molar-refractivity contribution in [3.63, 3.8) is 0 Å². The molecule has 36 heavy (non-hydrogen) atoms. The Kier molecular flexibility index (Phi) is 6.82. The number of H-pyrrole nitrogens is 1. The van der Waals surface area contributed by atoms with Crippen LogP contribution >= 0.6 is 0 Å². The highest BCUT2D eigenvalue weighted by Crippen LogP contribution is 2.32. The second-order valence-electron chi connectivity index (χ2n) is 8.13. The van der Waals surface area contributed by atoms with Crippen molar-refractivity contribution in [1.82, 2.24) is 24.7 Å². The second-order valence-corrected chi connectivity index (χ2v) is 8.13. The monoisotopic (exact) mass is 506 g/mol. The van der Waals surface area contributed by atoms with Crippen molar-refractivity contribution in [1.29, 1.82) is 0 Å². The van der Waals surface area contributed by atoms with Crippen molar-refractivity contribution in [2.24, 2.45) is 0 Å². The SMILES string of the molecule is C[C@@H](C[C@H](F)Cn1ccc2cc(-c3ncccn3)c(F)cc2c1=O)Nc1cn[nH]c(=O)c1C(F)(F)F. The molecule has 13 heteroatoms. The average Bonchev–Trinajstić information content (AvgIpc) is 2.80. The summed E-state index contributed by atoms with van der Waals surface area (Å²) in [7, 11) is 0. The van der Waals surface area contributed by atoms with Gasteiger partial charge in [0, 0.05) is 31.1 Å². The Morgan fingerprint density at radius 3 is 2.58 bits per heavy atom. The van der Waals surface area contributed by atoms with Gasteiger partial charge in [-0.15, -0.1) is 0 Å². The summed E-state index contributed by atoms with van der Waals surface area (Å²) >= 11 is 0. The number of anilines is 1. The number of alkyl halides is 4. The summed E-state index contributed by atoms with van der Waals surface area (Å²) in [4.78, 5) is 32.4. The molecule has 3 heterocycles. The molecule has 4 rings (SSSR count). The van der Waals surface area contributed by atoms with Crippen LogP contribution in [0.3, 0.4) is 0 Å². The molecule has 0 spiro atoms. The number of benzene rings is 1. The van der Waals surface area contributed by atoms with E-state index in [1.165, 1.54) is 37.6 Å². The predicted molar refractivity (Wildman–Crippen MR) is 122 cm³/mol. The largest absolute Gasteiger partial charge is 0.423 e. The van der Waals surface area contributed by atoms with Gasteiger partial charge >= 0.3 is 6.18 Å². The highest BCUT2D eigenvalue weighted by Gasteiger charge is 2.37. The Labute approximate surface area is 199 Å². The van der Waals surface area contributed by atoms with Gasteiger partial charge in [0.1, 0.15) is 17.6 Å². The quantitative estimate of drug-likeness (QED) is 0.368. The molecule has 0 amide bonds. The Morgan fingerprint density at radius 1 is 1.17 bits per heavy atom. The van der Waals surface area contributed by atoms with Gasteiger partial charge in [-0.3, -0.25) is 9.59 Å². The lowest BCUT2D eigenvalue weighted by molar-refractivity contribution is -0.138. The van der Waals surface area contributed by atoms with Crippen molar-refractivity contribution >= 4 is 16.5 Å². The smallest absolute Gasteiger partial charge is 0.381 e. The molecule has 2 atom stereocenters. The number of halogens is 5. The third-order valence-corrected chi connectivity index (χ3v) is 5.42. The van der Waals surface area contributed by atoms with Crippen LogP contribution in [-0.2, 0) is 12.7 Å². The molecule has 0 saturated heterocycles. The van der Waals surface area contributed by atoms with E-state index in [2.05, 4.69) is 20.4 Å². The molecule has 0 radical (unpaired) electrons. The summed E-state index contributed by atoms with van der Waals surface area (Å²) in [5.41, 5.74) is -3.99. The number of nitrogens with zero attached hydrogens (tertiary/aromatic N) is 4. The number of rotatable bonds is 7. The molecular formula is C23H19F5N6O2. The first-order valence-corrected chi connectivity index (χ1v) is 10.7. The fraction of sp³-hybridized carbons (Fsp3) is 0.261. The summed E-state index contributed by atoms with van der Waals surface area (Å²) < 4.78 is 70.1. The zero-order valence-corrected chi connectivity index (χ0v) is 18.7. The molecule has 0 bridgehead atoms. The number of aromatic amines is 1. The Balaban J connectivity index is 1.51. The highest BCUT2D eigenvalue weighted by molar-refractivity contribution is 5.85. The highest BCUT2D eigenvalue weighted by atomic mass is 19.4. The van der Waals surface area contributed by atoms with Crippen LogP contribution in [0.1, 0.15) is 18.9 Å². The minimum Gasteiger partial charge on any atom is -0.381 e. The minimum atomic E-state index is -4.94. The molecule has 4 aromatic rings. The summed E-state index contributed by atoms with van der Waals surface area (Å²) in [6.45, 7) is 1.02. The van der Waals surface area contributed by atoms with Gasteiger partial charge in [-0.25, -0.2) is 23.8 Å². The lowest BCUT2D eigenvalue weighted by atomic mass is 10.1. The summed E-state index contributed by atoms with van der Waals surface area (Å²) in [5.74, 6) is -0.569. The fourth-order valence-corrected chi connectivity index (χ4v) is 3.84. The first-order valence-electron chi connectivity index (χ1n) is 10.7. The summed E-state index contributed by atoms with van der Waals surface area (Å²) in [5, 5.41) is 7.96. The van der Waals surface area contributed by atoms with Gasteiger partial charge in [-0.2, -0.15) is 18.3 Å². The van der Waals surface area contributed by atoms with E-state index in [9.17, 15) is 31.5 Å². The van der Waals surface area contributed by atoms with Crippen LogP contribution in [0.2, 0.25) is 0 Å². The van der Waals surface area contributed by atoms with Crippen molar-refractivity contribution in [2.45, 2.75) is 38.3 Å². The molecule has 0 saturated carbocycles. The standard InChI is InChI=1S/C23H19F5N6O2/c1-12(32-18-10-31-33-21(35)19(18)23(26,27)28)7-14(24)11-34-6-3-13-8-16(20-29-4-2-5-30-20)17(25)9-15(13)22(34)36/h2-6,8-10,12,14H,7,11H2,1H3,(H2,32,33,35)/t12-,14-/m0/s1. The zero-order chi connectivity index (χ0) is 26.0. The summed E-state index contributed by atoms with van der Waals surface area (Å²) in [6, 6.07) is 4.73. The van der Waals surface area contributed by atoms with E-state index in [0.717, 1.165) is 16.8 Å². The van der Waals surface area contributed by atoms with Crippen LogP contribution in [0.15, 0.2) is 58.6 Å². The van der Waals surface area contributed by atoms with E-state index in [0.29, 0.717) is 5.39 Å². The predicted octanol–water partition coefficient (Wildman–Crippen LogP) is 3.93. The second kappa shape index (κ2) is 9.84. The summed E-state index contributed by atoms with van der Waals surface area (Å²) in [6.07, 6.45) is -1.80. The van der Waals surface area contributed by atoms with E-state index >= 15 is 0 Å². The van der Waals surface area contributed by atoms with E-state index in [1.54, 1.807) is 11.2 Å². The van der Waals surface area contributed by atoms with Crippen molar-refractivity contribution in [3.8, 4) is 11.4 Å². The Hall–Kier alpha value is -4.16. The molecular weight excluding hydrogens is 487 g/mol. The topological polar surface area (TPSA) is 106 Å². The van der Waals surface area contributed by atoms with Crippen LogP contribution < -0.4 is 16.4 Å². The Bertz CT molecular complexity index is 1500. The van der Waals surface area contributed by atoms with E-state index in [1.807, 2.05) is 0 Å². The van der Waals surface area contributed by atoms with Gasteiger partial charge in [0.05, 0.1) is 29.4 Å². The van der Waals surface area contributed by atoms with Gasteiger partial charge in [0.2, 0.25) is 0 Å². The molecule has 0 aliphatic carbocycles. The van der Waals surface area contributed by atoms with Crippen molar-refractivity contribution < 1.29 is 22.0 Å². The molecule has 1 aromatic carbocycles. The van der Waals surface area contributed by atoms with Gasteiger partial charge in [0.15, 0.2) is 5.82 Å². The average molecular weight is 506 g/mol. The maximum atomic E-state index is 14.8. The van der Waals surface area contributed by atoms with Crippen LogP contribution in [0, 0.1) is 5.82 Å². The van der Waals surface area contributed by atoms with Crippen molar-refractivity contribution in [2.75, 3.05) is 5.32 Å².